The third-order valence-corrected chi connectivity index (χ3v) is 4.23. The molecule has 0 spiro atoms. The molecule has 1 saturated carbocycles. The van der Waals surface area contributed by atoms with Crippen LogP contribution in [-0.4, -0.2) is 11.0 Å². The number of nitrogens with one attached hydrogen (secondary N) is 1. The molecule has 0 saturated heterocycles. The highest BCUT2D eigenvalue weighted by Gasteiger charge is 2.28. The van der Waals surface area contributed by atoms with Gasteiger partial charge in [0.05, 0.1) is 10.2 Å². The average molecular weight is 253 g/mol. The lowest BCUT2D eigenvalue weighted by Crippen LogP contribution is -2.16. The lowest BCUT2D eigenvalue weighted by atomic mass is 10.2. The first kappa shape index (κ1) is 10.4. The molecule has 1 atom stereocenters. The Hall–Kier alpha value is -0.800. The van der Waals surface area contributed by atoms with E-state index >= 15 is 0 Å². The summed E-state index contributed by atoms with van der Waals surface area (Å²) in [7, 11) is 0. The number of nitrogens with zero attached hydrogens (tertiary/aromatic N) is 1. The highest BCUT2D eigenvalue weighted by molar-refractivity contribution is 7.22. The minimum Gasteiger partial charge on any atom is -0.359 e. The second-order valence-electron chi connectivity index (χ2n) is 4.40. The van der Waals surface area contributed by atoms with E-state index in [4.69, 9.17) is 11.6 Å². The Morgan fingerprint density at radius 3 is 3.06 bits per heavy atom. The molecule has 1 heterocycles. The van der Waals surface area contributed by atoms with Crippen LogP contribution in [0.15, 0.2) is 18.2 Å². The summed E-state index contributed by atoms with van der Waals surface area (Å²) in [5, 5.41) is 5.24. The summed E-state index contributed by atoms with van der Waals surface area (Å²) in [6.45, 7) is 2.23. The van der Waals surface area contributed by atoms with Crippen molar-refractivity contribution in [1.82, 2.24) is 4.98 Å². The van der Waals surface area contributed by atoms with Crippen molar-refractivity contribution in [2.75, 3.05) is 5.32 Å². The van der Waals surface area contributed by atoms with Gasteiger partial charge in [0.25, 0.3) is 0 Å². The Bertz CT molecular complexity index is 519. The fourth-order valence-electron chi connectivity index (χ4n) is 1.87. The van der Waals surface area contributed by atoms with Crippen LogP contribution in [0.2, 0.25) is 5.02 Å². The Kier molecular flexibility index (Phi) is 2.52. The summed E-state index contributed by atoms with van der Waals surface area (Å²) >= 11 is 7.64. The highest BCUT2D eigenvalue weighted by atomic mass is 35.5. The van der Waals surface area contributed by atoms with Gasteiger partial charge in [0, 0.05) is 11.1 Å². The van der Waals surface area contributed by atoms with Crippen molar-refractivity contribution in [3.63, 3.8) is 0 Å². The molecule has 16 heavy (non-hydrogen) atoms. The standard InChI is InChI=1S/C12H13ClN2S/c1-7(8-2-3-8)14-12-15-10-6-9(13)4-5-11(10)16-12/h4-8H,2-3H2,1H3,(H,14,15). The number of fused-ring (bicyclic) bond motifs is 1. The molecule has 3 rings (SSSR count). The molecule has 1 aliphatic carbocycles. The highest BCUT2D eigenvalue weighted by Crippen LogP contribution is 2.35. The maximum atomic E-state index is 5.94. The predicted octanol–water partition coefficient (Wildman–Crippen LogP) is 4.16. The number of hydrogen-bond acceptors (Lipinski definition) is 3. The summed E-state index contributed by atoms with van der Waals surface area (Å²) < 4.78 is 1.19. The van der Waals surface area contributed by atoms with Gasteiger partial charge in [0.2, 0.25) is 0 Å². The molecule has 1 aromatic heterocycles. The number of benzene rings is 1. The van der Waals surface area contributed by atoms with Gasteiger partial charge in [0.15, 0.2) is 5.13 Å². The minimum absolute atomic E-state index is 0.538. The van der Waals surface area contributed by atoms with Crippen molar-refractivity contribution in [2.45, 2.75) is 25.8 Å². The van der Waals surface area contributed by atoms with Crippen molar-refractivity contribution in [1.29, 1.82) is 0 Å². The molecule has 1 fully saturated rings. The average Bonchev–Trinajstić information content (AvgIpc) is 3.00. The van der Waals surface area contributed by atoms with Crippen molar-refractivity contribution >= 4 is 38.3 Å². The van der Waals surface area contributed by atoms with Crippen LogP contribution in [0.4, 0.5) is 5.13 Å². The molecular formula is C12H13ClN2S. The van der Waals surface area contributed by atoms with E-state index < -0.39 is 0 Å². The van der Waals surface area contributed by atoms with E-state index in [1.807, 2.05) is 18.2 Å². The molecule has 4 heteroatoms. The summed E-state index contributed by atoms with van der Waals surface area (Å²) in [6.07, 6.45) is 2.70. The normalized spacial score (nSPS) is 17.6. The Morgan fingerprint density at radius 2 is 2.31 bits per heavy atom. The summed E-state index contributed by atoms with van der Waals surface area (Å²) in [4.78, 5) is 4.55. The van der Waals surface area contributed by atoms with Gasteiger partial charge < -0.3 is 5.32 Å². The fraction of sp³-hybridized carbons (Fsp3) is 0.417. The molecule has 1 aromatic carbocycles. The van der Waals surface area contributed by atoms with Crippen LogP contribution in [0, 0.1) is 5.92 Å². The largest absolute Gasteiger partial charge is 0.359 e. The van der Waals surface area contributed by atoms with Gasteiger partial charge in [-0.2, -0.15) is 0 Å². The molecule has 1 unspecified atom stereocenters. The third kappa shape index (κ3) is 2.02. The van der Waals surface area contributed by atoms with Crippen LogP contribution < -0.4 is 5.32 Å². The summed E-state index contributed by atoms with van der Waals surface area (Å²) in [6, 6.07) is 6.40. The van der Waals surface area contributed by atoms with Gasteiger partial charge in [-0.05, 0) is 43.9 Å². The molecular weight excluding hydrogens is 240 g/mol. The van der Waals surface area contributed by atoms with Gasteiger partial charge in [-0.15, -0.1) is 0 Å². The molecule has 84 valence electrons. The van der Waals surface area contributed by atoms with Crippen LogP contribution >= 0.6 is 22.9 Å². The zero-order chi connectivity index (χ0) is 11.1. The number of thiazole rings is 1. The second kappa shape index (κ2) is 3.90. The van der Waals surface area contributed by atoms with Crippen LogP contribution in [0.3, 0.4) is 0 Å². The fourth-order valence-corrected chi connectivity index (χ4v) is 2.98. The van der Waals surface area contributed by atoms with Gasteiger partial charge >= 0.3 is 0 Å². The molecule has 2 nitrogen and oxygen atoms in total. The molecule has 0 amide bonds. The number of rotatable bonds is 3. The molecule has 0 radical (unpaired) electrons. The van der Waals surface area contributed by atoms with Crippen molar-refractivity contribution < 1.29 is 0 Å². The predicted molar refractivity (Wildman–Crippen MR) is 70.4 cm³/mol. The van der Waals surface area contributed by atoms with Gasteiger partial charge in [-0.3, -0.25) is 0 Å². The zero-order valence-electron chi connectivity index (χ0n) is 9.03. The number of anilines is 1. The van der Waals surface area contributed by atoms with E-state index in [-0.39, 0.29) is 0 Å². The first-order valence-electron chi connectivity index (χ1n) is 5.55. The van der Waals surface area contributed by atoms with Gasteiger partial charge in [-0.25, -0.2) is 4.98 Å². The van der Waals surface area contributed by atoms with Crippen LogP contribution in [-0.2, 0) is 0 Å². The minimum atomic E-state index is 0.538. The van der Waals surface area contributed by atoms with Crippen molar-refractivity contribution in [3.05, 3.63) is 23.2 Å². The molecule has 0 aliphatic heterocycles. The Labute approximate surface area is 104 Å². The van der Waals surface area contributed by atoms with E-state index in [9.17, 15) is 0 Å². The zero-order valence-corrected chi connectivity index (χ0v) is 10.6. The molecule has 1 N–H and O–H groups in total. The van der Waals surface area contributed by atoms with Crippen LogP contribution in [0.1, 0.15) is 19.8 Å². The SMILES string of the molecule is CC(Nc1nc2cc(Cl)ccc2s1)C1CC1. The lowest BCUT2D eigenvalue weighted by molar-refractivity contribution is 0.693. The van der Waals surface area contributed by atoms with E-state index in [1.54, 1.807) is 11.3 Å². The topological polar surface area (TPSA) is 24.9 Å². The van der Waals surface area contributed by atoms with Crippen molar-refractivity contribution in [2.24, 2.45) is 5.92 Å². The first-order valence-corrected chi connectivity index (χ1v) is 6.74. The quantitative estimate of drug-likeness (QED) is 0.887. The van der Waals surface area contributed by atoms with Crippen LogP contribution in [0.25, 0.3) is 10.2 Å². The maximum Gasteiger partial charge on any atom is 0.184 e. The second-order valence-corrected chi connectivity index (χ2v) is 5.87. The van der Waals surface area contributed by atoms with Crippen LogP contribution in [0.5, 0.6) is 0 Å². The molecule has 0 bridgehead atoms. The molecule has 2 aromatic rings. The number of hydrogen-bond donors (Lipinski definition) is 1. The van der Waals surface area contributed by atoms with Gasteiger partial charge in [-0.1, -0.05) is 22.9 Å². The third-order valence-electron chi connectivity index (χ3n) is 3.03. The van der Waals surface area contributed by atoms with Gasteiger partial charge in [0.1, 0.15) is 0 Å². The number of halogens is 1. The number of aromatic nitrogens is 1. The Balaban J connectivity index is 1.86. The lowest BCUT2D eigenvalue weighted by Gasteiger charge is -2.10. The van der Waals surface area contributed by atoms with E-state index in [0.717, 1.165) is 21.6 Å². The summed E-state index contributed by atoms with van der Waals surface area (Å²) in [5.74, 6) is 0.843. The van der Waals surface area contributed by atoms with E-state index in [1.165, 1.54) is 17.5 Å². The molecule has 1 aliphatic rings. The summed E-state index contributed by atoms with van der Waals surface area (Å²) in [5.41, 5.74) is 0.989. The maximum absolute atomic E-state index is 5.94. The van der Waals surface area contributed by atoms with Crippen molar-refractivity contribution in [3.8, 4) is 0 Å². The monoisotopic (exact) mass is 252 g/mol. The smallest absolute Gasteiger partial charge is 0.184 e. The van der Waals surface area contributed by atoms with E-state index in [0.29, 0.717) is 6.04 Å². The van der Waals surface area contributed by atoms with E-state index in [2.05, 4.69) is 17.2 Å². The Morgan fingerprint density at radius 1 is 1.50 bits per heavy atom. The first-order chi connectivity index (χ1) is 7.72.